The number of nitriles is 1. The molecule has 3 N–H and O–H groups in total. The first-order valence-corrected chi connectivity index (χ1v) is 43.0. The van der Waals surface area contributed by atoms with Crippen molar-refractivity contribution in [1.82, 2.24) is 19.9 Å². The summed E-state index contributed by atoms with van der Waals surface area (Å²) in [6.07, 6.45) is 50.4. The Morgan fingerprint density at radius 2 is 0.613 bits per heavy atom. The fraction of sp³-hybridized carbons (Fsp3) is 0.490. The van der Waals surface area contributed by atoms with Crippen LogP contribution in [0.25, 0.3) is 85.8 Å². The van der Waals surface area contributed by atoms with Crippen LogP contribution in [0.5, 0.6) is 34.5 Å². The van der Waals surface area contributed by atoms with E-state index >= 15 is 0 Å². The van der Waals surface area contributed by atoms with Crippen LogP contribution in [0, 0.1) is 23.2 Å². The molecule has 2 aliphatic heterocycles. The summed E-state index contributed by atoms with van der Waals surface area (Å²) in [6, 6.07) is 36.2. The van der Waals surface area contributed by atoms with Gasteiger partial charge in [-0.25, -0.2) is 14.8 Å². The number of unbranched alkanes of at least 4 members (excludes halogenated alkanes) is 30. The van der Waals surface area contributed by atoms with E-state index < -0.39 is 5.97 Å². The molecule has 3 aromatic heterocycles. The fourth-order valence-corrected chi connectivity index (χ4v) is 14.6. The summed E-state index contributed by atoms with van der Waals surface area (Å²) >= 11 is 0. The van der Waals surface area contributed by atoms with E-state index in [9.17, 15) is 15.2 Å². The van der Waals surface area contributed by atoms with Crippen LogP contribution in [0.15, 0.2) is 109 Å². The Hall–Kier alpha value is -9.46. The van der Waals surface area contributed by atoms with Crippen LogP contribution >= 0.6 is 0 Å². The quantitative estimate of drug-likeness (QED) is 0.0143. The van der Waals surface area contributed by atoms with E-state index in [4.69, 9.17) is 38.4 Å². The summed E-state index contributed by atoms with van der Waals surface area (Å²) in [5, 5.41) is 19.4. The zero-order valence-corrected chi connectivity index (χ0v) is 68.0. The Bertz CT molecular complexity index is 4190. The molecule has 7 aromatic rings. The average molecular weight is 1500 g/mol. The molecule has 111 heavy (non-hydrogen) atoms. The SMILES string of the molecule is CCCCCCCCOc1cccc(OCCCCCCCC)c1-c1c2nc(c(-c3c(OCCCCCCCC)cccc3OCCCCCCCC)c3ccc([nH]3)c(-c3c(OCCCCCCCC)cccc3OCCCCCCCC)c3nc(c(C#Cc4ccc(/C=C(/C#N)C(=O)O)cc4)c4ccc1[nH]4)C=C3)C=C2. The molecular weight excluding hydrogens is 1380 g/mol. The summed E-state index contributed by atoms with van der Waals surface area (Å²) in [6.45, 7) is 16.8. The molecule has 0 radical (unpaired) electrons. The van der Waals surface area contributed by atoms with Crippen molar-refractivity contribution in [2.24, 2.45) is 0 Å². The van der Waals surface area contributed by atoms with Gasteiger partial charge in [-0.1, -0.05) is 276 Å². The molecule has 0 fully saturated rings. The second-order valence-electron chi connectivity index (χ2n) is 29.9. The lowest BCUT2D eigenvalue weighted by Crippen LogP contribution is -2.04. The smallest absolute Gasteiger partial charge is 0.346 e. The standard InChI is InChI=1S/C98H127N5O8/c1-7-13-19-25-31-37-66-106-86-46-43-47-87(107-67-38-32-26-20-14-8-2)95(86)92-80-60-58-78(100-80)77(57-56-74-52-54-75(55-53-74)72-76(73-99)98(104)105)79-59-61-81(101-79)93(96-88(108-68-39-33-27-21-15-9-3)48-44-49-89(96)109-69-40-34-28-22-16-10-4)83-63-65-85(103-83)94(84-64-62-82(92)102-84)97-90(110-70-41-35-29-23-17-11-5)50-45-51-91(97)111-71-42-36-30-24-18-12-6/h43-55,58-65,72,100,103H,7-42,66-71H2,1-6H3,(H,104,105)/b76-72-,78-77?,79-77?,92-80?,92-82?,93-81?,93-83?,94-84?,94-85?. The maximum absolute atomic E-state index is 11.9. The van der Waals surface area contributed by atoms with Gasteiger partial charge in [-0.2, -0.15) is 5.26 Å². The predicted molar refractivity (Wildman–Crippen MR) is 462 cm³/mol. The summed E-state index contributed by atoms with van der Waals surface area (Å²) < 4.78 is 42.6. The highest BCUT2D eigenvalue weighted by Gasteiger charge is 2.27. The molecule has 0 aliphatic carbocycles. The fourth-order valence-electron chi connectivity index (χ4n) is 14.6. The Morgan fingerprint density at radius 1 is 0.342 bits per heavy atom. The number of aromatic nitrogens is 4. The van der Waals surface area contributed by atoms with Crippen LogP contribution in [-0.2, 0) is 4.79 Å². The summed E-state index contributed by atoms with van der Waals surface area (Å²) in [5.41, 5.74) is 12.1. The molecule has 13 nitrogen and oxygen atoms in total. The van der Waals surface area contributed by atoms with Gasteiger partial charge in [0.25, 0.3) is 0 Å². The number of nitrogens with zero attached hydrogens (tertiary/aromatic N) is 3. The maximum Gasteiger partial charge on any atom is 0.346 e. The Kier molecular flexibility index (Phi) is 37.8. The molecule has 0 saturated heterocycles. The van der Waals surface area contributed by atoms with Crippen molar-refractivity contribution in [3.8, 4) is 85.8 Å². The van der Waals surface area contributed by atoms with Gasteiger partial charge < -0.3 is 43.5 Å². The van der Waals surface area contributed by atoms with E-state index in [2.05, 4.69) is 154 Å². The highest BCUT2D eigenvalue weighted by molar-refractivity contribution is 6.02. The molecule has 592 valence electrons. The number of nitrogens with one attached hydrogen (secondary N) is 2. The first-order valence-electron chi connectivity index (χ1n) is 43.0. The van der Waals surface area contributed by atoms with Crippen molar-refractivity contribution in [1.29, 1.82) is 5.26 Å². The number of rotatable bonds is 53. The normalized spacial score (nSPS) is 11.7. The number of fused-ring (bicyclic) bond motifs is 8. The second kappa shape index (κ2) is 49.0. The van der Waals surface area contributed by atoms with E-state index in [1.54, 1.807) is 18.2 Å². The van der Waals surface area contributed by atoms with E-state index in [0.29, 0.717) is 108 Å². The van der Waals surface area contributed by atoms with Gasteiger partial charge in [-0.05, 0) is 147 Å². The molecule has 0 spiro atoms. The first-order chi connectivity index (χ1) is 54.7. The third kappa shape index (κ3) is 26.6. The number of carboxylic acids is 1. The molecule has 13 heteroatoms. The van der Waals surface area contributed by atoms with Gasteiger partial charge in [0.05, 0.1) is 90.2 Å². The number of hydrogen-bond acceptors (Lipinski definition) is 10. The minimum Gasteiger partial charge on any atom is -0.493 e. The molecule has 0 atom stereocenters. The maximum atomic E-state index is 11.9. The zero-order valence-electron chi connectivity index (χ0n) is 68.0. The first kappa shape index (κ1) is 85.5. The predicted octanol–water partition coefficient (Wildman–Crippen LogP) is 27.5. The van der Waals surface area contributed by atoms with Crippen LogP contribution in [0.2, 0.25) is 0 Å². The largest absolute Gasteiger partial charge is 0.493 e. The Balaban J connectivity index is 1.38. The molecule has 0 amide bonds. The number of aromatic amines is 2. The van der Waals surface area contributed by atoms with E-state index in [1.165, 1.54) is 122 Å². The van der Waals surface area contributed by atoms with Gasteiger partial charge in [-0.15, -0.1) is 0 Å². The highest BCUT2D eigenvalue weighted by atomic mass is 16.5. The molecule has 0 unspecified atom stereocenters. The number of H-pyrrole nitrogens is 2. The summed E-state index contributed by atoms with van der Waals surface area (Å²) in [4.78, 5) is 31.7. The number of carboxylic acid groups (broad SMARTS) is 1. The van der Waals surface area contributed by atoms with Gasteiger partial charge >= 0.3 is 5.97 Å². The number of benzene rings is 4. The van der Waals surface area contributed by atoms with E-state index in [1.807, 2.05) is 24.3 Å². The lowest BCUT2D eigenvalue weighted by atomic mass is 10.0. The highest BCUT2D eigenvalue weighted by Crippen LogP contribution is 2.49. The van der Waals surface area contributed by atoms with Crippen molar-refractivity contribution in [3.05, 3.63) is 148 Å². The Labute approximate surface area is 664 Å². The molecule has 8 bridgehead atoms. The number of aliphatic carboxylic acids is 1. The molecule has 2 aliphatic rings. The number of ether oxygens (including phenoxy) is 6. The Morgan fingerprint density at radius 3 is 0.910 bits per heavy atom. The van der Waals surface area contributed by atoms with E-state index in [0.717, 1.165) is 177 Å². The minimum absolute atomic E-state index is 0.357. The van der Waals surface area contributed by atoms with Crippen LogP contribution in [0.3, 0.4) is 0 Å². The van der Waals surface area contributed by atoms with Crippen molar-refractivity contribution in [2.45, 2.75) is 273 Å². The van der Waals surface area contributed by atoms with Crippen molar-refractivity contribution in [3.63, 3.8) is 0 Å². The van der Waals surface area contributed by atoms with Crippen LogP contribution < -0.4 is 28.4 Å². The summed E-state index contributed by atoms with van der Waals surface area (Å²) in [7, 11) is 0. The van der Waals surface area contributed by atoms with Gasteiger partial charge in [0.1, 0.15) is 46.1 Å². The molecule has 4 aromatic carbocycles. The third-order valence-corrected chi connectivity index (χ3v) is 20.9. The number of carbonyl (C=O) groups is 1. The van der Waals surface area contributed by atoms with Gasteiger partial charge in [0.2, 0.25) is 0 Å². The zero-order chi connectivity index (χ0) is 77.9. The van der Waals surface area contributed by atoms with Crippen LogP contribution in [0.1, 0.15) is 312 Å². The second-order valence-corrected chi connectivity index (χ2v) is 29.9. The molecule has 9 rings (SSSR count). The monoisotopic (exact) mass is 1500 g/mol. The molecular formula is C98H127N5O8. The minimum atomic E-state index is -1.29. The third-order valence-electron chi connectivity index (χ3n) is 20.9. The summed E-state index contributed by atoms with van der Waals surface area (Å²) in [5.74, 6) is 10.1. The van der Waals surface area contributed by atoms with Gasteiger partial charge in [0.15, 0.2) is 0 Å². The van der Waals surface area contributed by atoms with E-state index in [-0.39, 0.29) is 5.57 Å². The number of hydrogen-bond donors (Lipinski definition) is 3. The van der Waals surface area contributed by atoms with Crippen molar-refractivity contribution < 1.29 is 38.3 Å². The molecule has 0 saturated carbocycles. The van der Waals surface area contributed by atoms with Crippen molar-refractivity contribution in [2.75, 3.05) is 39.6 Å². The van der Waals surface area contributed by atoms with Crippen molar-refractivity contribution >= 4 is 58.4 Å². The topological polar surface area (TPSA) is 174 Å². The van der Waals surface area contributed by atoms with Gasteiger partial charge in [-0.3, -0.25) is 0 Å². The van der Waals surface area contributed by atoms with Crippen LogP contribution in [-0.4, -0.2) is 70.7 Å². The average Bonchev–Trinajstić information content (AvgIpc) is 1.61. The lowest BCUT2D eigenvalue weighted by Gasteiger charge is -2.18. The molecule has 5 heterocycles. The lowest BCUT2D eigenvalue weighted by molar-refractivity contribution is -0.132. The van der Waals surface area contributed by atoms with Gasteiger partial charge in [0, 0.05) is 38.8 Å². The van der Waals surface area contributed by atoms with Crippen LogP contribution in [0.4, 0.5) is 0 Å².